The smallest absolute Gasteiger partial charge is 0.457 e. The summed E-state index contributed by atoms with van der Waals surface area (Å²) in [6.07, 6.45) is 35.4. The third kappa shape index (κ3) is 36.6. The Morgan fingerprint density at radius 1 is 0.553 bits per heavy atom. The molecule has 2 unspecified atom stereocenters. The third-order valence-corrected chi connectivity index (χ3v) is 9.76. The second-order valence-electron chi connectivity index (χ2n) is 13.5. The topological polar surface area (TPSA) is 117 Å². The molecule has 0 aromatic carbocycles. The second-order valence-corrected chi connectivity index (χ2v) is 15.0. The molecular formula is C38H78NO7P. The lowest BCUT2D eigenvalue weighted by Crippen LogP contribution is -2.28. The predicted octanol–water partition coefficient (Wildman–Crippen LogP) is 11.4. The summed E-state index contributed by atoms with van der Waals surface area (Å²) in [5.74, 6) is -0.326. The predicted molar refractivity (Wildman–Crippen MR) is 197 cm³/mol. The molecule has 0 saturated heterocycles. The SMILES string of the molecule is CCCCCCCCCCCCCCCCCOCC(COP(=O)(O)OCCN)OC(=O)CCCCCCCCCCCCCCC. The van der Waals surface area contributed by atoms with Crippen LogP contribution in [0.1, 0.15) is 200 Å². The van der Waals surface area contributed by atoms with E-state index in [1.165, 1.54) is 148 Å². The van der Waals surface area contributed by atoms with Gasteiger partial charge >= 0.3 is 13.8 Å². The van der Waals surface area contributed by atoms with Gasteiger partial charge in [0.15, 0.2) is 0 Å². The van der Waals surface area contributed by atoms with Crippen molar-refractivity contribution >= 4 is 13.8 Å². The first-order valence-electron chi connectivity index (χ1n) is 20.0. The molecule has 0 amide bonds. The molecule has 0 bridgehead atoms. The number of ether oxygens (including phenoxy) is 2. The number of carbonyl (C=O) groups excluding carboxylic acids is 1. The lowest BCUT2D eigenvalue weighted by Gasteiger charge is -2.20. The molecule has 3 N–H and O–H groups in total. The molecule has 0 fully saturated rings. The van der Waals surface area contributed by atoms with E-state index in [1.807, 2.05) is 0 Å². The molecule has 0 aromatic rings. The number of carbonyl (C=O) groups is 1. The van der Waals surface area contributed by atoms with Gasteiger partial charge in [0.25, 0.3) is 0 Å². The van der Waals surface area contributed by atoms with E-state index in [4.69, 9.17) is 24.3 Å². The molecule has 0 rings (SSSR count). The van der Waals surface area contributed by atoms with Gasteiger partial charge < -0.3 is 20.1 Å². The van der Waals surface area contributed by atoms with Crippen molar-refractivity contribution in [1.29, 1.82) is 0 Å². The van der Waals surface area contributed by atoms with Gasteiger partial charge in [-0.3, -0.25) is 13.8 Å². The number of phosphoric ester groups is 1. The maximum Gasteiger partial charge on any atom is 0.472 e. The fourth-order valence-corrected chi connectivity index (χ4v) is 6.59. The normalized spacial score (nSPS) is 13.5. The van der Waals surface area contributed by atoms with Crippen LogP contribution in [0, 0.1) is 0 Å². The molecule has 0 aliphatic rings. The first-order valence-corrected chi connectivity index (χ1v) is 21.5. The molecular weight excluding hydrogens is 613 g/mol. The molecule has 0 spiro atoms. The van der Waals surface area contributed by atoms with Gasteiger partial charge in [-0.2, -0.15) is 0 Å². The number of nitrogens with two attached hydrogens (primary N) is 1. The van der Waals surface area contributed by atoms with Crippen LogP contribution in [0.4, 0.5) is 0 Å². The van der Waals surface area contributed by atoms with Crippen LogP contribution < -0.4 is 5.73 Å². The lowest BCUT2D eigenvalue weighted by molar-refractivity contribution is -0.154. The number of rotatable bonds is 39. The van der Waals surface area contributed by atoms with E-state index in [0.29, 0.717) is 13.0 Å². The maximum atomic E-state index is 12.5. The van der Waals surface area contributed by atoms with Crippen LogP contribution >= 0.6 is 7.82 Å². The Morgan fingerprint density at radius 3 is 1.34 bits per heavy atom. The summed E-state index contributed by atoms with van der Waals surface area (Å²) in [6, 6.07) is 0. The van der Waals surface area contributed by atoms with Crippen molar-refractivity contribution in [3.05, 3.63) is 0 Å². The van der Waals surface area contributed by atoms with E-state index in [-0.39, 0.29) is 32.3 Å². The van der Waals surface area contributed by atoms with E-state index >= 15 is 0 Å². The van der Waals surface area contributed by atoms with E-state index in [9.17, 15) is 14.3 Å². The Morgan fingerprint density at radius 2 is 0.936 bits per heavy atom. The minimum absolute atomic E-state index is 0.0903. The van der Waals surface area contributed by atoms with Crippen molar-refractivity contribution in [3.63, 3.8) is 0 Å². The molecule has 8 nitrogen and oxygen atoms in total. The number of esters is 1. The Bertz CT molecular complexity index is 697. The molecule has 2 atom stereocenters. The van der Waals surface area contributed by atoms with Crippen LogP contribution in [-0.4, -0.2) is 49.9 Å². The fraction of sp³-hybridized carbons (Fsp3) is 0.974. The van der Waals surface area contributed by atoms with Gasteiger partial charge in [-0.15, -0.1) is 0 Å². The van der Waals surface area contributed by atoms with Crippen LogP contribution in [-0.2, 0) is 27.9 Å². The zero-order chi connectivity index (χ0) is 34.5. The number of hydrogen-bond acceptors (Lipinski definition) is 7. The average Bonchev–Trinajstić information content (AvgIpc) is 3.06. The van der Waals surface area contributed by atoms with Gasteiger partial charge in [0, 0.05) is 19.6 Å². The summed E-state index contributed by atoms with van der Waals surface area (Å²) >= 11 is 0. The first kappa shape index (κ1) is 46.5. The Labute approximate surface area is 291 Å². The highest BCUT2D eigenvalue weighted by Crippen LogP contribution is 2.43. The zero-order valence-corrected chi connectivity index (χ0v) is 31.9. The van der Waals surface area contributed by atoms with Crippen molar-refractivity contribution in [1.82, 2.24) is 0 Å². The van der Waals surface area contributed by atoms with Gasteiger partial charge in [0.1, 0.15) is 6.10 Å². The highest BCUT2D eigenvalue weighted by atomic mass is 31.2. The van der Waals surface area contributed by atoms with E-state index in [2.05, 4.69) is 13.8 Å². The Hall–Kier alpha value is -0.500. The van der Waals surface area contributed by atoms with Gasteiger partial charge in [-0.1, -0.05) is 181 Å². The summed E-state index contributed by atoms with van der Waals surface area (Å²) in [4.78, 5) is 22.4. The summed E-state index contributed by atoms with van der Waals surface area (Å²) in [5.41, 5.74) is 5.36. The fourth-order valence-electron chi connectivity index (χ4n) is 5.82. The summed E-state index contributed by atoms with van der Waals surface area (Å²) in [7, 11) is -4.26. The highest BCUT2D eigenvalue weighted by molar-refractivity contribution is 7.47. The van der Waals surface area contributed by atoms with Crippen LogP contribution in [0.25, 0.3) is 0 Å². The summed E-state index contributed by atoms with van der Waals surface area (Å²) in [6.45, 7) is 4.96. The number of unbranched alkanes of at least 4 members (excludes halogenated alkanes) is 26. The van der Waals surface area contributed by atoms with E-state index < -0.39 is 13.9 Å². The van der Waals surface area contributed by atoms with Gasteiger partial charge in [0.2, 0.25) is 0 Å². The van der Waals surface area contributed by atoms with Crippen LogP contribution in [0.3, 0.4) is 0 Å². The first-order chi connectivity index (χ1) is 22.9. The number of phosphoric acid groups is 1. The summed E-state index contributed by atoms with van der Waals surface area (Å²) in [5, 5.41) is 0. The molecule has 9 heteroatoms. The molecule has 47 heavy (non-hydrogen) atoms. The number of hydrogen-bond donors (Lipinski definition) is 2. The van der Waals surface area contributed by atoms with E-state index in [0.717, 1.165) is 32.1 Å². The Kier molecular flexibility index (Phi) is 36.4. The van der Waals surface area contributed by atoms with Crippen molar-refractivity contribution in [2.24, 2.45) is 5.73 Å². The maximum absolute atomic E-state index is 12.5. The molecule has 0 heterocycles. The molecule has 0 saturated carbocycles. The van der Waals surface area contributed by atoms with Crippen LogP contribution in [0.5, 0.6) is 0 Å². The molecule has 0 aromatic heterocycles. The third-order valence-electron chi connectivity index (χ3n) is 8.77. The standard InChI is InChI=1S/C38H78NO7P/c1-3-5-7-9-11-13-15-17-18-20-22-24-26-28-30-33-43-35-37(36-45-47(41,42)44-34-32-39)46-38(40)31-29-27-25-23-21-19-16-14-12-10-8-6-4-2/h37H,3-36,39H2,1-2H3,(H,41,42). The quantitative estimate of drug-likeness (QED) is 0.0371. The van der Waals surface area contributed by atoms with Crippen molar-refractivity contribution in [2.45, 2.75) is 206 Å². The summed E-state index contributed by atoms with van der Waals surface area (Å²) < 4.78 is 33.3. The second kappa shape index (κ2) is 36.8. The monoisotopic (exact) mass is 692 g/mol. The largest absolute Gasteiger partial charge is 0.472 e. The van der Waals surface area contributed by atoms with Crippen LogP contribution in [0.2, 0.25) is 0 Å². The Balaban J connectivity index is 4.02. The minimum atomic E-state index is -4.26. The van der Waals surface area contributed by atoms with Crippen molar-refractivity contribution in [2.75, 3.05) is 33.0 Å². The van der Waals surface area contributed by atoms with Crippen LogP contribution in [0.15, 0.2) is 0 Å². The molecule has 282 valence electrons. The highest BCUT2D eigenvalue weighted by Gasteiger charge is 2.25. The minimum Gasteiger partial charge on any atom is -0.457 e. The van der Waals surface area contributed by atoms with E-state index in [1.54, 1.807) is 0 Å². The average molecular weight is 692 g/mol. The molecule has 0 aliphatic heterocycles. The van der Waals surface area contributed by atoms with Crippen molar-refractivity contribution < 1.29 is 32.8 Å². The molecule has 0 radical (unpaired) electrons. The zero-order valence-electron chi connectivity index (χ0n) is 31.0. The molecule has 0 aliphatic carbocycles. The van der Waals surface area contributed by atoms with Crippen molar-refractivity contribution in [3.8, 4) is 0 Å². The van der Waals surface area contributed by atoms with Gasteiger partial charge in [-0.25, -0.2) is 4.57 Å². The van der Waals surface area contributed by atoms with Gasteiger partial charge in [0.05, 0.1) is 19.8 Å². The lowest BCUT2D eigenvalue weighted by atomic mass is 10.0. The van der Waals surface area contributed by atoms with Gasteiger partial charge in [-0.05, 0) is 12.8 Å².